The molecule has 0 radical (unpaired) electrons. The molecule has 1 fully saturated rings. The van der Waals surface area contributed by atoms with E-state index in [9.17, 15) is 4.79 Å². The molecule has 5 heteroatoms. The van der Waals surface area contributed by atoms with Crippen molar-refractivity contribution in [1.82, 2.24) is 14.8 Å². The van der Waals surface area contributed by atoms with E-state index >= 15 is 0 Å². The van der Waals surface area contributed by atoms with Crippen molar-refractivity contribution in [2.45, 2.75) is 38.6 Å². The van der Waals surface area contributed by atoms with Crippen LogP contribution < -0.4 is 5.69 Å². The van der Waals surface area contributed by atoms with Crippen molar-refractivity contribution in [3.8, 4) is 0 Å². The number of aromatic nitrogens is 3. The van der Waals surface area contributed by atoms with Crippen molar-refractivity contribution in [3.05, 3.63) is 15.3 Å². The molecule has 1 atom stereocenters. The van der Waals surface area contributed by atoms with E-state index < -0.39 is 0 Å². The van der Waals surface area contributed by atoms with Crippen LogP contribution in [-0.2, 0) is 0 Å². The maximum atomic E-state index is 11.4. The van der Waals surface area contributed by atoms with Crippen molar-refractivity contribution >= 4 is 12.2 Å². The van der Waals surface area contributed by atoms with Crippen LogP contribution in [0.15, 0.2) is 4.79 Å². The minimum Gasteiger partial charge on any atom is -0.272 e. The fraction of sp³-hybridized carbons (Fsp3) is 0.778. The molecular formula is C9H15N3OS. The lowest BCUT2D eigenvalue weighted by Crippen LogP contribution is -2.25. The minimum absolute atomic E-state index is 0.116. The summed E-state index contributed by atoms with van der Waals surface area (Å²) in [6.45, 7) is 2.08. The SMILES string of the molecule is CC(C1CCCC1)n1c(=O)[nH][nH]c1=S. The summed E-state index contributed by atoms with van der Waals surface area (Å²) in [5, 5.41) is 5.20. The van der Waals surface area contributed by atoms with Gasteiger partial charge >= 0.3 is 5.69 Å². The first-order valence-corrected chi connectivity index (χ1v) is 5.50. The Hall–Kier alpha value is -0.840. The Labute approximate surface area is 87.3 Å². The van der Waals surface area contributed by atoms with Gasteiger partial charge in [0.15, 0.2) is 4.77 Å². The van der Waals surface area contributed by atoms with Crippen LogP contribution in [0.4, 0.5) is 0 Å². The highest BCUT2D eigenvalue weighted by atomic mass is 32.1. The first-order valence-electron chi connectivity index (χ1n) is 5.09. The molecule has 1 aliphatic rings. The van der Waals surface area contributed by atoms with Gasteiger partial charge in [-0.3, -0.25) is 9.67 Å². The summed E-state index contributed by atoms with van der Waals surface area (Å²) in [6.07, 6.45) is 5.00. The Kier molecular flexibility index (Phi) is 2.58. The molecule has 14 heavy (non-hydrogen) atoms. The molecule has 78 valence electrons. The first-order chi connectivity index (χ1) is 6.70. The Morgan fingerprint density at radius 3 is 2.57 bits per heavy atom. The third-order valence-electron chi connectivity index (χ3n) is 3.20. The molecule has 0 aromatic carbocycles. The van der Waals surface area contributed by atoms with Gasteiger partial charge in [0.2, 0.25) is 0 Å². The van der Waals surface area contributed by atoms with Gasteiger partial charge in [0.25, 0.3) is 0 Å². The Morgan fingerprint density at radius 2 is 2.07 bits per heavy atom. The van der Waals surface area contributed by atoms with E-state index in [0.717, 1.165) is 0 Å². The quantitative estimate of drug-likeness (QED) is 0.738. The van der Waals surface area contributed by atoms with Gasteiger partial charge in [0.05, 0.1) is 0 Å². The fourth-order valence-electron chi connectivity index (χ4n) is 2.34. The predicted molar refractivity (Wildman–Crippen MR) is 56.9 cm³/mol. The van der Waals surface area contributed by atoms with E-state index in [1.54, 1.807) is 4.57 Å². The fourth-order valence-corrected chi connectivity index (χ4v) is 2.64. The monoisotopic (exact) mass is 213 g/mol. The Bertz CT molecular complexity index is 383. The standard InChI is InChI=1S/C9H15N3OS/c1-6(7-4-2-3-5-7)12-8(13)10-11-9(12)14/h6-7H,2-5H2,1H3,(H,10,13)(H,11,14). The van der Waals surface area contributed by atoms with Crippen LogP contribution in [0.3, 0.4) is 0 Å². The summed E-state index contributed by atoms with van der Waals surface area (Å²) in [7, 11) is 0. The molecule has 0 spiro atoms. The molecule has 0 aliphatic heterocycles. The zero-order valence-electron chi connectivity index (χ0n) is 8.25. The average Bonchev–Trinajstić information content (AvgIpc) is 2.75. The summed E-state index contributed by atoms with van der Waals surface area (Å²) < 4.78 is 2.17. The summed E-state index contributed by atoms with van der Waals surface area (Å²) in [5.41, 5.74) is -0.116. The van der Waals surface area contributed by atoms with E-state index in [0.29, 0.717) is 10.7 Å². The van der Waals surface area contributed by atoms with Crippen LogP contribution in [0.1, 0.15) is 38.6 Å². The van der Waals surface area contributed by atoms with Crippen LogP contribution in [0.25, 0.3) is 0 Å². The number of nitrogens with zero attached hydrogens (tertiary/aromatic N) is 1. The van der Waals surface area contributed by atoms with Gasteiger partial charge in [0.1, 0.15) is 0 Å². The molecular weight excluding hydrogens is 198 g/mol. The van der Waals surface area contributed by atoms with Crippen LogP contribution in [0.5, 0.6) is 0 Å². The van der Waals surface area contributed by atoms with Gasteiger partial charge in [0, 0.05) is 6.04 Å². The van der Waals surface area contributed by atoms with Gasteiger partial charge in [-0.1, -0.05) is 12.8 Å². The molecule has 2 N–H and O–H groups in total. The molecule has 1 aromatic rings. The molecule has 4 nitrogen and oxygen atoms in total. The number of nitrogens with one attached hydrogen (secondary N) is 2. The van der Waals surface area contributed by atoms with Crippen LogP contribution >= 0.6 is 12.2 Å². The largest absolute Gasteiger partial charge is 0.342 e. The zero-order valence-corrected chi connectivity index (χ0v) is 9.06. The lowest BCUT2D eigenvalue weighted by atomic mass is 10.00. The zero-order chi connectivity index (χ0) is 10.1. The summed E-state index contributed by atoms with van der Waals surface area (Å²) in [5.74, 6) is 0.610. The molecule has 1 aromatic heterocycles. The van der Waals surface area contributed by atoms with Gasteiger partial charge in [-0.25, -0.2) is 9.89 Å². The lowest BCUT2D eigenvalue weighted by molar-refractivity contribution is 0.351. The predicted octanol–water partition coefficient (Wildman–Crippen LogP) is 1.99. The number of rotatable bonds is 2. The number of hydrogen-bond donors (Lipinski definition) is 2. The van der Waals surface area contributed by atoms with E-state index in [1.807, 2.05) is 0 Å². The first kappa shape index (κ1) is 9.71. The van der Waals surface area contributed by atoms with E-state index in [-0.39, 0.29) is 11.7 Å². The highest BCUT2D eigenvalue weighted by molar-refractivity contribution is 7.71. The van der Waals surface area contributed by atoms with Crippen molar-refractivity contribution in [2.24, 2.45) is 5.92 Å². The van der Waals surface area contributed by atoms with Crippen LogP contribution in [0.2, 0.25) is 0 Å². The number of aromatic amines is 2. The van der Waals surface area contributed by atoms with Crippen molar-refractivity contribution in [2.75, 3.05) is 0 Å². The number of H-pyrrole nitrogens is 2. The minimum atomic E-state index is -0.116. The highest BCUT2D eigenvalue weighted by Crippen LogP contribution is 2.33. The van der Waals surface area contributed by atoms with E-state index in [4.69, 9.17) is 12.2 Å². The normalized spacial score (nSPS) is 20.1. The topological polar surface area (TPSA) is 53.6 Å². The van der Waals surface area contributed by atoms with Gasteiger partial charge in [-0.2, -0.15) is 0 Å². The molecule has 0 bridgehead atoms. The van der Waals surface area contributed by atoms with Crippen molar-refractivity contribution < 1.29 is 0 Å². The lowest BCUT2D eigenvalue weighted by Gasteiger charge is -2.18. The molecule has 2 rings (SSSR count). The maximum absolute atomic E-state index is 11.4. The molecule has 0 saturated heterocycles. The Balaban J connectivity index is 2.30. The highest BCUT2D eigenvalue weighted by Gasteiger charge is 2.24. The van der Waals surface area contributed by atoms with Crippen LogP contribution in [-0.4, -0.2) is 14.8 Å². The summed E-state index contributed by atoms with van der Waals surface area (Å²) >= 11 is 5.06. The second-order valence-electron chi connectivity index (χ2n) is 4.02. The Morgan fingerprint density at radius 1 is 1.43 bits per heavy atom. The maximum Gasteiger partial charge on any atom is 0.342 e. The smallest absolute Gasteiger partial charge is 0.272 e. The average molecular weight is 213 g/mol. The molecule has 1 aliphatic carbocycles. The van der Waals surface area contributed by atoms with Gasteiger partial charge in [-0.05, 0) is 37.9 Å². The molecule has 1 saturated carbocycles. The van der Waals surface area contributed by atoms with Crippen LogP contribution in [0, 0.1) is 10.7 Å². The van der Waals surface area contributed by atoms with Crippen molar-refractivity contribution in [3.63, 3.8) is 0 Å². The molecule has 1 heterocycles. The molecule has 1 unspecified atom stereocenters. The second kappa shape index (κ2) is 3.73. The molecule has 0 amide bonds. The summed E-state index contributed by atoms with van der Waals surface area (Å²) in [4.78, 5) is 11.4. The van der Waals surface area contributed by atoms with E-state index in [1.165, 1.54) is 25.7 Å². The number of hydrogen-bond acceptors (Lipinski definition) is 2. The second-order valence-corrected chi connectivity index (χ2v) is 4.40. The third kappa shape index (κ3) is 1.56. The van der Waals surface area contributed by atoms with Gasteiger partial charge < -0.3 is 0 Å². The summed E-state index contributed by atoms with van der Waals surface area (Å²) in [6, 6.07) is 0.222. The van der Waals surface area contributed by atoms with E-state index in [2.05, 4.69) is 17.1 Å². The van der Waals surface area contributed by atoms with Gasteiger partial charge in [-0.15, -0.1) is 0 Å². The van der Waals surface area contributed by atoms with Crippen molar-refractivity contribution in [1.29, 1.82) is 0 Å². The third-order valence-corrected chi connectivity index (χ3v) is 3.50.